The molecule has 1 aliphatic rings. The van der Waals surface area contributed by atoms with Gasteiger partial charge in [-0.25, -0.2) is 4.98 Å². The minimum atomic E-state index is -0.0612. The number of hydrogen-bond acceptors (Lipinski definition) is 4. The van der Waals surface area contributed by atoms with E-state index in [2.05, 4.69) is 44.1 Å². The van der Waals surface area contributed by atoms with Crippen molar-refractivity contribution < 1.29 is 4.42 Å². The Balaban J connectivity index is 1.42. The quantitative estimate of drug-likeness (QED) is 0.598. The Morgan fingerprint density at radius 1 is 1.23 bits per heavy atom. The first kappa shape index (κ1) is 15.2. The van der Waals surface area contributed by atoms with Crippen LogP contribution in [0.2, 0.25) is 0 Å². The first-order valence-electron chi connectivity index (χ1n) is 8.70. The summed E-state index contributed by atoms with van der Waals surface area (Å²) in [5, 5.41) is 1.22. The highest BCUT2D eigenvalue weighted by atomic mass is 16.3. The molecule has 3 aromatic heterocycles. The second-order valence-electron chi connectivity index (χ2n) is 6.68. The van der Waals surface area contributed by atoms with Gasteiger partial charge in [0.1, 0.15) is 0 Å². The number of hydrogen-bond donors (Lipinski definition) is 2. The molecule has 0 saturated carbocycles. The van der Waals surface area contributed by atoms with Crippen molar-refractivity contribution in [1.29, 1.82) is 0 Å². The number of rotatable bonds is 3. The summed E-state index contributed by atoms with van der Waals surface area (Å²) in [7, 11) is 0. The van der Waals surface area contributed by atoms with Crippen molar-refractivity contribution in [2.45, 2.75) is 19.5 Å². The van der Waals surface area contributed by atoms with Crippen LogP contribution in [-0.4, -0.2) is 26.4 Å². The van der Waals surface area contributed by atoms with Gasteiger partial charge in [0.05, 0.1) is 12.0 Å². The van der Waals surface area contributed by atoms with Crippen LogP contribution in [-0.2, 0) is 19.5 Å². The lowest BCUT2D eigenvalue weighted by molar-refractivity contribution is 0.240. The number of nitrogens with one attached hydrogen (secondary N) is 2. The van der Waals surface area contributed by atoms with Gasteiger partial charge >= 0.3 is 0 Å². The number of benzene rings is 1. The Hall–Kier alpha value is -3.12. The van der Waals surface area contributed by atoms with E-state index in [1.165, 1.54) is 10.9 Å². The molecule has 2 N–H and O–H groups in total. The van der Waals surface area contributed by atoms with Gasteiger partial charge in [0.2, 0.25) is 0 Å². The summed E-state index contributed by atoms with van der Waals surface area (Å²) >= 11 is 0. The lowest BCUT2D eigenvalue weighted by atomic mass is 10.1. The maximum Gasteiger partial charge on any atom is 0.254 e. The van der Waals surface area contributed by atoms with Crippen molar-refractivity contribution in [1.82, 2.24) is 19.9 Å². The second kappa shape index (κ2) is 6.00. The van der Waals surface area contributed by atoms with E-state index < -0.39 is 0 Å². The van der Waals surface area contributed by atoms with Crippen molar-refractivity contribution in [3.05, 3.63) is 76.0 Å². The predicted molar refractivity (Wildman–Crippen MR) is 98.7 cm³/mol. The summed E-state index contributed by atoms with van der Waals surface area (Å²) in [6, 6.07) is 12.1. The number of aromatic amines is 2. The Kier molecular flexibility index (Phi) is 3.50. The molecule has 6 heteroatoms. The zero-order valence-corrected chi connectivity index (χ0v) is 14.2. The SMILES string of the molecule is O=c1[nH]c(-c2ccco2)nc2c1CCN(Cc1ccc3cc[nH]c3c1)C2. The Morgan fingerprint density at radius 2 is 2.19 bits per heavy atom. The first-order chi connectivity index (χ1) is 12.8. The lowest BCUT2D eigenvalue weighted by Crippen LogP contribution is -2.35. The highest BCUT2D eigenvalue weighted by Crippen LogP contribution is 2.21. The van der Waals surface area contributed by atoms with E-state index in [1.54, 1.807) is 18.4 Å². The summed E-state index contributed by atoms with van der Waals surface area (Å²) < 4.78 is 5.37. The highest BCUT2D eigenvalue weighted by Gasteiger charge is 2.22. The van der Waals surface area contributed by atoms with Gasteiger partial charge in [-0.3, -0.25) is 9.69 Å². The van der Waals surface area contributed by atoms with Crippen LogP contribution in [0.1, 0.15) is 16.8 Å². The molecular weight excluding hydrogens is 328 g/mol. The average Bonchev–Trinajstić information content (AvgIpc) is 3.33. The molecule has 0 atom stereocenters. The Labute approximate surface area is 149 Å². The van der Waals surface area contributed by atoms with Gasteiger partial charge in [0.15, 0.2) is 11.6 Å². The van der Waals surface area contributed by atoms with Crippen LogP contribution >= 0.6 is 0 Å². The number of fused-ring (bicyclic) bond motifs is 2. The van der Waals surface area contributed by atoms with Gasteiger partial charge < -0.3 is 14.4 Å². The number of aromatic nitrogens is 3. The largest absolute Gasteiger partial charge is 0.461 e. The summed E-state index contributed by atoms with van der Waals surface area (Å²) in [6.45, 7) is 2.34. The third kappa shape index (κ3) is 2.64. The first-order valence-corrected chi connectivity index (χ1v) is 8.70. The van der Waals surface area contributed by atoms with E-state index in [9.17, 15) is 4.79 Å². The fourth-order valence-electron chi connectivity index (χ4n) is 3.61. The zero-order chi connectivity index (χ0) is 17.5. The van der Waals surface area contributed by atoms with Crippen molar-refractivity contribution >= 4 is 10.9 Å². The smallest absolute Gasteiger partial charge is 0.254 e. The van der Waals surface area contributed by atoms with E-state index in [-0.39, 0.29) is 5.56 Å². The van der Waals surface area contributed by atoms with E-state index in [4.69, 9.17) is 4.42 Å². The maximum absolute atomic E-state index is 12.4. The molecule has 0 radical (unpaired) electrons. The topological polar surface area (TPSA) is 77.9 Å². The number of nitrogens with zero attached hydrogens (tertiary/aromatic N) is 2. The molecule has 4 heterocycles. The van der Waals surface area contributed by atoms with Crippen molar-refractivity contribution in [2.24, 2.45) is 0 Å². The van der Waals surface area contributed by atoms with Gasteiger partial charge in [-0.05, 0) is 41.6 Å². The third-order valence-electron chi connectivity index (χ3n) is 4.93. The maximum atomic E-state index is 12.4. The molecule has 0 aliphatic carbocycles. The predicted octanol–water partition coefficient (Wildman–Crippen LogP) is 3.07. The van der Waals surface area contributed by atoms with Crippen LogP contribution in [0.25, 0.3) is 22.5 Å². The minimum Gasteiger partial charge on any atom is -0.461 e. The van der Waals surface area contributed by atoms with Crippen LogP contribution in [0, 0.1) is 0 Å². The molecule has 1 aliphatic heterocycles. The second-order valence-corrected chi connectivity index (χ2v) is 6.68. The number of furan rings is 1. The van der Waals surface area contributed by atoms with Crippen molar-refractivity contribution in [2.75, 3.05) is 6.54 Å². The highest BCUT2D eigenvalue weighted by molar-refractivity contribution is 5.79. The molecule has 6 nitrogen and oxygen atoms in total. The summed E-state index contributed by atoms with van der Waals surface area (Å²) in [5.41, 5.74) is 3.96. The molecule has 1 aromatic carbocycles. The Bertz CT molecular complexity index is 1120. The standard InChI is InChI=1S/C20H18N4O2/c25-20-15-6-8-24(11-13-3-4-14-5-7-21-16(14)10-13)12-17(15)22-19(23-20)18-2-1-9-26-18/h1-5,7,9-10,21H,6,8,11-12H2,(H,22,23,25). The molecule has 4 aromatic rings. The summed E-state index contributed by atoms with van der Waals surface area (Å²) in [6.07, 6.45) is 4.25. The van der Waals surface area contributed by atoms with Gasteiger partial charge in [-0.1, -0.05) is 12.1 Å². The van der Waals surface area contributed by atoms with Crippen LogP contribution in [0.4, 0.5) is 0 Å². The van der Waals surface area contributed by atoms with E-state index >= 15 is 0 Å². The normalized spacial score (nSPS) is 14.6. The molecular formula is C20H18N4O2. The lowest BCUT2D eigenvalue weighted by Gasteiger charge is -2.27. The summed E-state index contributed by atoms with van der Waals surface area (Å²) in [5.74, 6) is 1.08. The van der Waals surface area contributed by atoms with E-state index in [0.717, 1.165) is 29.9 Å². The molecule has 26 heavy (non-hydrogen) atoms. The fraction of sp³-hybridized carbons (Fsp3) is 0.200. The Morgan fingerprint density at radius 3 is 3.08 bits per heavy atom. The van der Waals surface area contributed by atoms with Gasteiger partial charge in [-0.15, -0.1) is 0 Å². The van der Waals surface area contributed by atoms with Crippen LogP contribution in [0.15, 0.2) is 58.1 Å². The molecule has 0 fully saturated rings. The fourth-order valence-corrected chi connectivity index (χ4v) is 3.61. The minimum absolute atomic E-state index is 0.0612. The molecule has 0 amide bonds. The van der Waals surface area contributed by atoms with Crippen molar-refractivity contribution in [3.8, 4) is 11.6 Å². The molecule has 5 rings (SSSR count). The van der Waals surface area contributed by atoms with Crippen LogP contribution in [0.3, 0.4) is 0 Å². The monoisotopic (exact) mass is 346 g/mol. The third-order valence-corrected chi connectivity index (χ3v) is 4.93. The van der Waals surface area contributed by atoms with Crippen LogP contribution < -0.4 is 5.56 Å². The summed E-state index contributed by atoms with van der Waals surface area (Å²) in [4.78, 5) is 25.5. The number of H-pyrrole nitrogens is 2. The molecule has 0 unspecified atom stereocenters. The van der Waals surface area contributed by atoms with Gasteiger partial charge in [0, 0.05) is 36.9 Å². The molecule has 0 spiro atoms. The average molecular weight is 346 g/mol. The van der Waals surface area contributed by atoms with E-state index in [0.29, 0.717) is 24.6 Å². The zero-order valence-electron chi connectivity index (χ0n) is 14.2. The van der Waals surface area contributed by atoms with E-state index in [1.807, 2.05) is 6.20 Å². The van der Waals surface area contributed by atoms with Gasteiger partial charge in [0.25, 0.3) is 5.56 Å². The van der Waals surface area contributed by atoms with Crippen molar-refractivity contribution in [3.63, 3.8) is 0 Å². The molecule has 0 bridgehead atoms. The molecule has 0 saturated heterocycles. The van der Waals surface area contributed by atoms with Crippen LogP contribution in [0.5, 0.6) is 0 Å². The molecule has 130 valence electrons. The van der Waals surface area contributed by atoms with Gasteiger partial charge in [-0.2, -0.15) is 0 Å².